The average Bonchev–Trinajstić information content (AvgIpc) is 2.96. The summed E-state index contributed by atoms with van der Waals surface area (Å²) >= 11 is 1.85. The van der Waals surface area contributed by atoms with Gasteiger partial charge in [0.25, 0.3) is 0 Å². The van der Waals surface area contributed by atoms with Crippen molar-refractivity contribution in [3.8, 4) is 0 Å². The Morgan fingerprint density at radius 2 is 1.55 bits per heavy atom. The number of hydrogen-bond donors (Lipinski definition) is 0. The lowest BCUT2D eigenvalue weighted by molar-refractivity contribution is -0.217. The first-order valence-corrected chi connectivity index (χ1v) is 9.35. The number of carbonyl (C=O) groups is 1. The van der Waals surface area contributed by atoms with Crippen LogP contribution in [-0.4, -0.2) is 41.8 Å². The Balaban J connectivity index is 1.80. The molecular weight excluding hydrogens is 292 g/mol. The highest BCUT2D eigenvalue weighted by Gasteiger charge is 2.67. The highest BCUT2D eigenvalue weighted by molar-refractivity contribution is 7.10. The van der Waals surface area contributed by atoms with Crippen LogP contribution in [0, 0.1) is 22.7 Å². The fourth-order valence-electron chi connectivity index (χ4n) is 5.07. The van der Waals surface area contributed by atoms with Crippen molar-refractivity contribution in [2.24, 2.45) is 22.7 Å². The average molecular weight is 318 g/mol. The van der Waals surface area contributed by atoms with Crippen molar-refractivity contribution in [2.75, 3.05) is 26.2 Å². The molecular formula is C18H26N2OS. The van der Waals surface area contributed by atoms with Gasteiger partial charge in [0.1, 0.15) is 0 Å². The Hall–Kier alpha value is -0.710. The molecule has 0 saturated carbocycles. The molecule has 3 nitrogen and oxygen atoms in total. The number of carbonyl (C=O) groups excluding carboxylic acids is 1. The number of ketones is 1. The van der Waals surface area contributed by atoms with E-state index in [0.717, 1.165) is 26.2 Å². The maximum Gasteiger partial charge on any atom is 0.150 e. The minimum Gasteiger partial charge on any atom is -0.298 e. The van der Waals surface area contributed by atoms with Crippen molar-refractivity contribution in [2.45, 2.75) is 33.9 Å². The highest BCUT2D eigenvalue weighted by Crippen LogP contribution is 2.57. The van der Waals surface area contributed by atoms with Gasteiger partial charge in [-0.1, -0.05) is 33.8 Å². The van der Waals surface area contributed by atoms with E-state index in [1.54, 1.807) is 0 Å². The van der Waals surface area contributed by atoms with Gasteiger partial charge in [0.05, 0.1) is 17.0 Å². The molecule has 4 fully saturated rings. The molecule has 0 spiro atoms. The lowest BCUT2D eigenvalue weighted by Gasteiger charge is -2.68. The van der Waals surface area contributed by atoms with E-state index in [2.05, 4.69) is 55.0 Å². The van der Waals surface area contributed by atoms with Crippen LogP contribution >= 0.6 is 11.3 Å². The number of rotatable bonds is 3. The molecule has 0 atom stereocenters. The molecule has 120 valence electrons. The van der Waals surface area contributed by atoms with E-state index in [0.29, 0.717) is 23.8 Å². The molecule has 0 N–H and O–H groups in total. The van der Waals surface area contributed by atoms with Crippen molar-refractivity contribution in [3.05, 3.63) is 22.4 Å². The van der Waals surface area contributed by atoms with Crippen LogP contribution in [0.15, 0.2) is 17.5 Å². The molecule has 1 aromatic rings. The van der Waals surface area contributed by atoms with Crippen LogP contribution in [0.5, 0.6) is 0 Å². The monoisotopic (exact) mass is 318 g/mol. The van der Waals surface area contributed by atoms with Gasteiger partial charge in [-0.15, -0.1) is 11.3 Å². The minimum absolute atomic E-state index is 0.158. The summed E-state index contributed by atoms with van der Waals surface area (Å²) in [6.45, 7) is 12.7. The van der Waals surface area contributed by atoms with Gasteiger partial charge in [-0.2, -0.15) is 0 Å². The van der Waals surface area contributed by atoms with Crippen LogP contribution in [0.3, 0.4) is 0 Å². The number of piperidine rings is 2. The molecule has 0 radical (unpaired) electrons. The Kier molecular flexibility index (Phi) is 3.14. The molecule has 4 aliphatic heterocycles. The second-order valence-electron chi connectivity index (χ2n) is 8.15. The maximum absolute atomic E-state index is 13.4. The maximum atomic E-state index is 13.4. The normalized spacial score (nSPS) is 43.5. The Labute approximate surface area is 137 Å². The number of Topliss-reactive ketones (excluding diaryl/α,β-unsaturated/α-hetero) is 1. The van der Waals surface area contributed by atoms with Gasteiger partial charge >= 0.3 is 0 Å². The van der Waals surface area contributed by atoms with E-state index in [-0.39, 0.29) is 10.8 Å². The van der Waals surface area contributed by atoms with Crippen molar-refractivity contribution in [1.82, 2.24) is 9.80 Å². The van der Waals surface area contributed by atoms with Gasteiger partial charge in [-0.05, 0) is 23.3 Å². The number of thiophene rings is 1. The lowest BCUT2D eigenvalue weighted by atomic mass is 9.53. The molecule has 1 aromatic heterocycles. The molecule has 0 amide bonds. The van der Waals surface area contributed by atoms with Crippen LogP contribution in [-0.2, 0) is 4.79 Å². The standard InChI is InChI=1S/C18H26N2OS/c1-12(2)17-8-19-10-18(13(3)4,16(17)21)11-20(9-17)15(19)14-6-5-7-22-14/h5-7,12-13,15H,8-11H2,1-4H3. The summed E-state index contributed by atoms with van der Waals surface area (Å²) in [7, 11) is 0. The van der Waals surface area contributed by atoms with E-state index in [4.69, 9.17) is 0 Å². The van der Waals surface area contributed by atoms with E-state index in [9.17, 15) is 4.79 Å². The number of nitrogens with zero attached hydrogens (tertiary/aromatic N) is 2. The zero-order valence-electron chi connectivity index (χ0n) is 14.0. The molecule has 0 unspecified atom stereocenters. The summed E-state index contributed by atoms with van der Waals surface area (Å²) in [6.07, 6.45) is 0.395. The minimum atomic E-state index is -0.158. The van der Waals surface area contributed by atoms with Crippen LogP contribution in [0.25, 0.3) is 0 Å². The van der Waals surface area contributed by atoms with Gasteiger partial charge in [-0.25, -0.2) is 0 Å². The molecule has 5 rings (SSSR count). The molecule has 22 heavy (non-hydrogen) atoms. The highest BCUT2D eigenvalue weighted by atomic mass is 32.1. The van der Waals surface area contributed by atoms with Crippen molar-refractivity contribution < 1.29 is 4.79 Å². The SMILES string of the molecule is CC(C)C12CN3CC(C(C)C)(CN(C1)C3c1cccs1)C2=O. The molecule has 5 heterocycles. The van der Waals surface area contributed by atoms with Crippen LogP contribution in [0.2, 0.25) is 0 Å². The van der Waals surface area contributed by atoms with E-state index in [1.807, 2.05) is 11.3 Å². The van der Waals surface area contributed by atoms with Crippen LogP contribution in [0.4, 0.5) is 0 Å². The van der Waals surface area contributed by atoms with E-state index >= 15 is 0 Å². The summed E-state index contributed by atoms with van der Waals surface area (Å²) in [5.41, 5.74) is -0.316. The summed E-state index contributed by atoms with van der Waals surface area (Å²) in [5, 5.41) is 2.17. The van der Waals surface area contributed by atoms with E-state index < -0.39 is 0 Å². The van der Waals surface area contributed by atoms with Crippen molar-refractivity contribution >= 4 is 17.1 Å². The van der Waals surface area contributed by atoms with Gasteiger partial charge in [-0.3, -0.25) is 14.6 Å². The topological polar surface area (TPSA) is 23.6 Å². The summed E-state index contributed by atoms with van der Waals surface area (Å²) < 4.78 is 0. The van der Waals surface area contributed by atoms with Gasteiger partial charge in [0.2, 0.25) is 0 Å². The predicted octanol–water partition coefficient (Wildman–Crippen LogP) is 3.25. The summed E-state index contributed by atoms with van der Waals surface area (Å²) in [6, 6.07) is 4.40. The first kappa shape index (κ1) is 14.9. The van der Waals surface area contributed by atoms with Crippen molar-refractivity contribution in [3.63, 3.8) is 0 Å². The first-order valence-electron chi connectivity index (χ1n) is 8.47. The van der Waals surface area contributed by atoms with Crippen LogP contribution < -0.4 is 0 Å². The lowest BCUT2D eigenvalue weighted by Crippen LogP contribution is -2.78. The molecule has 4 bridgehead atoms. The Morgan fingerprint density at radius 3 is 1.91 bits per heavy atom. The summed E-state index contributed by atoms with van der Waals surface area (Å²) in [4.78, 5) is 20.1. The molecule has 4 aliphatic rings. The first-order chi connectivity index (χ1) is 10.4. The van der Waals surface area contributed by atoms with Gasteiger partial charge in [0.15, 0.2) is 5.78 Å². The zero-order chi connectivity index (χ0) is 15.7. The van der Waals surface area contributed by atoms with E-state index in [1.165, 1.54) is 4.88 Å². The summed E-state index contributed by atoms with van der Waals surface area (Å²) in [5.74, 6) is 1.38. The second kappa shape index (κ2) is 4.65. The van der Waals surface area contributed by atoms with Crippen molar-refractivity contribution in [1.29, 1.82) is 0 Å². The third-order valence-electron chi connectivity index (χ3n) is 6.55. The third kappa shape index (κ3) is 1.66. The second-order valence-corrected chi connectivity index (χ2v) is 9.13. The largest absolute Gasteiger partial charge is 0.298 e. The molecule has 0 aliphatic carbocycles. The third-order valence-corrected chi connectivity index (χ3v) is 7.46. The zero-order valence-corrected chi connectivity index (χ0v) is 14.8. The fourth-order valence-corrected chi connectivity index (χ4v) is 5.97. The van der Waals surface area contributed by atoms with Gasteiger partial charge in [0, 0.05) is 31.1 Å². The molecule has 4 heteroatoms. The Morgan fingerprint density at radius 1 is 1.05 bits per heavy atom. The molecule has 0 aromatic carbocycles. The van der Waals surface area contributed by atoms with Gasteiger partial charge < -0.3 is 0 Å². The number of hydrogen-bond acceptors (Lipinski definition) is 4. The quantitative estimate of drug-likeness (QED) is 0.855. The Bertz CT molecular complexity index is 546. The van der Waals surface area contributed by atoms with Crippen LogP contribution in [0.1, 0.15) is 38.7 Å². The predicted molar refractivity (Wildman–Crippen MR) is 89.8 cm³/mol. The fraction of sp³-hybridized carbons (Fsp3) is 0.722. The smallest absolute Gasteiger partial charge is 0.150 e. The molecule has 4 saturated heterocycles.